The van der Waals surface area contributed by atoms with Gasteiger partial charge in [-0.3, -0.25) is 0 Å². The van der Waals surface area contributed by atoms with Crippen molar-refractivity contribution in [3.8, 4) is 5.75 Å². The van der Waals surface area contributed by atoms with Crippen molar-refractivity contribution in [1.29, 1.82) is 0 Å². The number of para-hydroxylation sites is 1. The number of benzene rings is 1. The normalized spacial score (nSPS) is 12.7. The SMILES string of the molecule is CCCCCCCC(N)c1ccccc1OC(C)C. The fourth-order valence-corrected chi connectivity index (χ4v) is 2.27. The molecule has 0 saturated heterocycles. The second-order valence-corrected chi connectivity index (χ2v) is 5.51. The van der Waals surface area contributed by atoms with Crippen molar-refractivity contribution in [2.24, 2.45) is 5.73 Å². The van der Waals surface area contributed by atoms with E-state index in [0.717, 1.165) is 17.7 Å². The van der Waals surface area contributed by atoms with Crippen LogP contribution in [-0.4, -0.2) is 6.10 Å². The Hall–Kier alpha value is -1.02. The largest absolute Gasteiger partial charge is 0.491 e. The third kappa shape index (κ3) is 6.11. The van der Waals surface area contributed by atoms with Gasteiger partial charge in [-0.05, 0) is 26.3 Å². The highest BCUT2D eigenvalue weighted by molar-refractivity contribution is 5.35. The molecule has 1 unspecified atom stereocenters. The standard InChI is InChI=1S/C17H29NO/c1-4-5-6-7-8-12-16(18)15-11-9-10-13-17(15)19-14(2)3/h9-11,13-14,16H,4-8,12,18H2,1-3H3. The molecule has 0 radical (unpaired) electrons. The lowest BCUT2D eigenvalue weighted by Crippen LogP contribution is -2.14. The van der Waals surface area contributed by atoms with Gasteiger partial charge < -0.3 is 10.5 Å². The average molecular weight is 263 g/mol. The van der Waals surface area contributed by atoms with Gasteiger partial charge in [0.05, 0.1) is 6.10 Å². The quantitative estimate of drug-likeness (QED) is 0.647. The van der Waals surface area contributed by atoms with E-state index < -0.39 is 0 Å². The number of rotatable bonds is 9. The average Bonchev–Trinajstić information content (AvgIpc) is 2.38. The first-order chi connectivity index (χ1) is 9.15. The van der Waals surface area contributed by atoms with E-state index in [2.05, 4.69) is 13.0 Å². The molecule has 1 rings (SSSR count). The van der Waals surface area contributed by atoms with Crippen LogP contribution >= 0.6 is 0 Å². The molecule has 2 N–H and O–H groups in total. The first-order valence-corrected chi connectivity index (χ1v) is 7.66. The van der Waals surface area contributed by atoms with Gasteiger partial charge in [0.15, 0.2) is 0 Å². The molecule has 0 bridgehead atoms. The van der Waals surface area contributed by atoms with Crippen molar-refractivity contribution >= 4 is 0 Å². The van der Waals surface area contributed by atoms with Crippen LogP contribution in [0.2, 0.25) is 0 Å². The molecule has 19 heavy (non-hydrogen) atoms. The summed E-state index contributed by atoms with van der Waals surface area (Å²) in [4.78, 5) is 0. The van der Waals surface area contributed by atoms with Crippen molar-refractivity contribution in [2.45, 2.75) is 71.4 Å². The Morgan fingerprint density at radius 2 is 1.74 bits per heavy atom. The summed E-state index contributed by atoms with van der Waals surface area (Å²) in [5.74, 6) is 0.943. The van der Waals surface area contributed by atoms with E-state index in [9.17, 15) is 0 Å². The highest BCUT2D eigenvalue weighted by Gasteiger charge is 2.12. The summed E-state index contributed by atoms with van der Waals surface area (Å²) in [7, 11) is 0. The van der Waals surface area contributed by atoms with Crippen LogP contribution in [0.1, 0.15) is 70.9 Å². The van der Waals surface area contributed by atoms with E-state index in [1.807, 2.05) is 32.0 Å². The van der Waals surface area contributed by atoms with Crippen LogP contribution in [0, 0.1) is 0 Å². The van der Waals surface area contributed by atoms with Crippen molar-refractivity contribution in [3.63, 3.8) is 0 Å². The van der Waals surface area contributed by atoms with Crippen molar-refractivity contribution in [3.05, 3.63) is 29.8 Å². The Bertz CT molecular complexity index is 349. The summed E-state index contributed by atoms with van der Waals surface area (Å²) < 4.78 is 5.83. The van der Waals surface area contributed by atoms with Gasteiger partial charge in [0, 0.05) is 11.6 Å². The summed E-state index contributed by atoms with van der Waals surface area (Å²) in [6.45, 7) is 6.34. The Labute approximate surface area is 118 Å². The molecule has 0 aliphatic carbocycles. The zero-order valence-electron chi connectivity index (χ0n) is 12.7. The molecule has 0 aliphatic heterocycles. The highest BCUT2D eigenvalue weighted by atomic mass is 16.5. The maximum absolute atomic E-state index is 6.31. The summed E-state index contributed by atoms with van der Waals surface area (Å²) in [5.41, 5.74) is 7.45. The van der Waals surface area contributed by atoms with Crippen LogP contribution in [0.4, 0.5) is 0 Å². The van der Waals surface area contributed by atoms with Crippen LogP contribution in [-0.2, 0) is 0 Å². The van der Waals surface area contributed by atoms with Crippen LogP contribution in [0.25, 0.3) is 0 Å². The van der Waals surface area contributed by atoms with Crippen molar-refractivity contribution in [2.75, 3.05) is 0 Å². The number of nitrogens with two attached hydrogens (primary N) is 1. The summed E-state index contributed by atoms with van der Waals surface area (Å²) >= 11 is 0. The predicted octanol–water partition coefficient (Wildman–Crippen LogP) is 4.83. The fourth-order valence-electron chi connectivity index (χ4n) is 2.27. The van der Waals surface area contributed by atoms with Crippen LogP contribution in [0.15, 0.2) is 24.3 Å². The maximum Gasteiger partial charge on any atom is 0.124 e. The minimum Gasteiger partial charge on any atom is -0.491 e. The molecule has 0 aliphatic rings. The molecular formula is C17H29NO. The molecule has 0 amide bonds. The molecule has 1 atom stereocenters. The van der Waals surface area contributed by atoms with Gasteiger partial charge in [0.25, 0.3) is 0 Å². The van der Waals surface area contributed by atoms with E-state index in [1.165, 1.54) is 32.1 Å². The molecule has 0 saturated carbocycles. The Morgan fingerprint density at radius 3 is 2.42 bits per heavy atom. The van der Waals surface area contributed by atoms with E-state index in [-0.39, 0.29) is 12.1 Å². The topological polar surface area (TPSA) is 35.2 Å². The number of unbranched alkanes of at least 4 members (excludes halogenated alkanes) is 4. The third-order valence-electron chi connectivity index (χ3n) is 3.30. The lowest BCUT2D eigenvalue weighted by atomic mass is 10.00. The second kappa shape index (κ2) is 8.98. The van der Waals surface area contributed by atoms with Crippen LogP contribution < -0.4 is 10.5 Å². The molecule has 0 aromatic heterocycles. The zero-order chi connectivity index (χ0) is 14.1. The maximum atomic E-state index is 6.31. The van der Waals surface area contributed by atoms with Crippen LogP contribution in [0.3, 0.4) is 0 Å². The van der Waals surface area contributed by atoms with E-state index in [4.69, 9.17) is 10.5 Å². The number of ether oxygens (including phenoxy) is 1. The molecule has 0 fully saturated rings. The van der Waals surface area contributed by atoms with E-state index in [1.54, 1.807) is 0 Å². The predicted molar refractivity (Wildman–Crippen MR) is 82.5 cm³/mol. The van der Waals surface area contributed by atoms with Crippen LogP contribution in [0.5, 0.6) is 5.75 Å². The van der Waals surface area contributed by atoms with Gasteiger partial charge in [-0.15, -0.1) is 0 Å². The van der Waals surface area contributed by atoms with E-state index in [0.29, 0.717) is 0 Å². The van der Waals surface area contributed by atoms with Crippen molar-refractivity contribution < 1.29 is 4.74 Å². The number of hydrogen-bond acceptors (Lipinski definition) is 2. The first-order valence-electron chi connectivity index (χ1n) is 7.66. The van der Waals surface area contributed by atoms with Gasteiger partial charge in [-0.2, -0.15) is 0 Å². The smallest absolute Gasteiger partial charge is 0.124 e. The first kappa shape index (κ1) is 16.0. The molecule has 1 aromatic carbocycles. The summed E-state index contributed by atoms with van der Waals surface area (Å²) in [6, 6.07) is 8.26. The van der Waals surface area contributed by atoms with Gasteiger partial charge in [-0.1, -0.05) is 57.2 Å². The molecule has 2 heteroatoms. The number of hydrogen-bond donors (Lipinski definition) is 1. The Morgan fingerprint density at radius 1 is 1.05 bits per heavy atom. The Kier molecular flexibility index (Phi) is 7.57. The lowest BCUT2D eigenvalue weighted by molar-refractivity contribution is 0.238. The van der Waals surface area contributed by atoms with Gasteiger partial charge in [-0.25, -0.2) is 0 Å². The van der Waals surface area contributed by atoms with Gasteiger partial charge in [0.1, 0.15) is 5.75 Å². The van der Waals surface area contributed by atoms with Crippen molar-refractivity contribution in [1.82, 2.24) is 0 Å². The molecule has 2 nitrogen and oxygen atoms in total. The summed E-state index contributed by atoms with van der Waals surface area (Å²) in [5, 5.41) is 0. The molecule has 1 aromatic rings. The molecule has 0 heterocycles. The second-order valence-electron chi connectivity index (χ2n) is 5.51. The Balaban J connectivity index is 2.48. The zero-order valence-corrected chi connectivity index (χ0v) is 12.7. The molecule has 108 valence electrons. The summed E-state index contributed by atoms with van der Waals surface area (Å²) in [6.07, 6.45) is 7.68. The fraction of sp³-hybridized carbons (Fsp3) is 0.647. The lowest BCUT2D eigenvalue weighted by Gasteiger charge is -2.18. The van der Waals surface area contributed by atoms with Gasteiger partial charge in [0.2, 0.25) is 0 Å². The monoisotopic (exact) mass is 263 g/mol. The molecular weight excluding hydrogens is 234 g/mol. The van der Waals surface area contributed by atoms with Gasteiger partial charge >= 0.3 is 0 Å². The van der Waals surface area contributed by atoms with E-state index >= 15 is 0 Å². The highest BCUT2D eigenvalue weighted by Crippen LogP contribution is 2.27. The third-order valence-corrected chi connectivity index (χ3v) is 3.30. The minimum atomic E-state index is 0.0941. The minimum absolute atomic E-state index is 0.0941. The molecule has 0 spiro atoms.